The Morgan fingerprint density at radius 1 is 1.33 bits per heavy atom. The largest absolute Gasteiger partial charge is 0.399 e. The van der Waals surface area contributed by atoms with E-state index < -0.39 is 0 Å². The van der Waals surface area contributed by atoms with E-state index in [0.29, 0.717) is 6.04 Å². The predicted molar refractivity (Wildman–Crippen MR) is 75.6 cm³/mol. The van der Waals surface area contributed by atoms with Crippen LogP contribution in [0.5, 0.6) is 0 Å². The molecule has 0 spiro atoms. The van der Waals surface area contributed by atoms with Crippen LogP contribution in [0.25, 0.3) is 11.0 Å². The number of fused-ring (bicyclic) bond motifs is 1. The van der Waals surface area contributed by atoms with Gasteiger partial charge in [0.1, 0.15) is 5.82 Å². The molecule has 3 nitrogen and oxygen atoms in total. The maximum absolute atomic E-state index is 5.85. The second-order valence-corrected chi connectivity index (χ2v) is 6.61. The molecule has 2 N–H and O–H groups in total. The topological polar surface area (TPSA) is 43.8 Å². The third-order valence-corrected chi connectivity index (χ3v) is 3.39. The van der Waals surface area contributed by atoms with Crippen molar-refractivity contribution >= 4 is 16.7 Å². The van der Waals surface area contributed by atoms with Crippen molar-refractivity contribution in [2.75, 3.05) is 5.73 Å². The zero-order valence-corrected chi connectivity index (χ0v) is 11.4. The summed E-state index contributed by atoms with van der Waals surface area (Å²) in [4.78, 5) is 4.80. The Kier molecular flexibility index (Phi) is 2.40. The van der Waals surface area contributed by atoms with E-state index in [1.165, 1.54) is 24.2 Å². The molecular weight excluding hydrogens is 222 g/mol. The van der Waals surface area contributed by atoms with Crippen molar-refractivity contribution < 1.29 is 0 Å². The van der Waals surface area contributed by atoms with Gasteiger partial charge in [-0.1, -0.05) is 20.8 Å². The number of nitrogens with zero attached hydrogens (tertiary/aromatic N) is 2. The second kappa shape index (κ2) is 3.74. The van der Waals surface area contributed by atoms with Gasteiger partial charge in [0.25, 0.3) is 0 Å². The minimum absolute atomic E-state index is 0.263. The number of rotatable bonds is 2. The van der Waals surface area contributed by atoms with Gasteiger partial charge in [0.2, 0.25) is 0 Å². The van der Waals surface area contributed by atoms with Gasteiger partial charge >= 0.3 is 0 Å². The number of hydrogen-bond acceptors (Lipinski definition) is 2. The van der Waals surface area contributed by atoms with Crippen molar-refractivity contribution in [3.63, 3.8) is 0 Å². The Bertz CT molecular complexity index is 586. The molecule has 96 valence electrons. The molecule has 3 rings (SSSR count). The average Bonchev–Trinajstić information content (AvgIpc) is 2.99. The summed E-state index contributed by atoms with van der Waals surface area (Å²) in [6.07, 6.45) is 3.58. The maximum atomic E-state index is 5.85. The van der Waals surface area contributed by atoms with Gasteiger partial charge in [0.05, 0.1) is 11.0 Å². The fourth-order valence-corrected chi connectivity index (χ4v) is 2.50. The normalized spacial score (nSPS) is 16.4. The fourth-order valence-electron chi connectivity index (χ4n) is 2.50. The van der Waals surface area contributed by atoms with Gasteiger partial charge in [-0.25, -0.2) is 4.98 Å². The predicted octanol–water partition coefficient (Wildman–Crippen LogP) is 3.54. The minimum atomic E-state index is 0.263. The first-order chi connectivity index (χ1) is 8.44. The van der Waals surface area contributed by atoms with E-state index in [2.05, 4.69) is 31.4 Å². The minimum Gasteiger partial charge on any atom is -0.399 e. The lowest BCUT2D eigenvalue weighted by Gasteiger charge is -2.18. The van der Waals surface area contributed by atoms with Crippen LogP contribution in [0.4, 0.5) is 5.69 Å². The molecule has 1 aromatic heterocycles. The van der Waals surface area contributed by atoms with E-state index in [-0.39, 0.29) is 5.41 Å². The van der Waals surface area contributed by atoms with Crippen LogP contribution in [-0.2, 0) is 6.42 Å². The fraction of sp³-hybridized carbons (Fsp3) is 0.533. The molecule has 0 radical (unpaired) electrons. The summed E-state index contributed by atoms with van der Waals surface area (Å²) in [6, 6.07) is 6.74. The SMILES string of the molecule is CC(C)(C)Cc1nc2cc(N)ccc2n1C1CC1. The molecule has 0 unspecified atom stereocenters. The van der Waals surface area contributed by atoms with Crippen molar-refractivity contribution in [2.24, 2.45) is 5.41 Å². The molecule has 0 atom stereocenters. The molecule has 1 aliphatic rings. The number of benzene rings is 1. The van der Waals surface area contributed by atoms with E-state index in [9.17, 15) is 0 Å². The molecule has 0 aliphatic heterocycles. The van der Waals surface area contributed by atoms with Gasteiger partial charge in [-0.05, 0) is 36.5 Å². The molecule has 3 heteroatoms. The lowest BCUT2D eigenvalue weighted by Crippen LogP contribution is -2.14. The molecule has 1 fully saturated rings. The molecule has 1 aromatic carbocycles. The van der Waals surface area contributed by atoms with Crippen LogP contribution in [0.1, 0.15) is 45.5 Å². The third-order valence-electron chi connectivity index (χ3n) is 3.39. The standard InChI is InChI=1S/C15H21N3/c1-15(2,3)9-14-17-12-8-10(16)4-7-13(12)18(14)11-5-6-11/h4,7-8,11H,5-6,9,16H2,1-3H3. The molecule has 0 bridgehead atoms. The number of aromatic nitrogens is 2. The molecule has 1 saturated carbocycles. The van der Waals surface area contributed by atoms with Gasteiger partial charge in [-0.3, -0.25) is 0 Å². The van der Waals surface area contributed by atoms with Crippen LogP contribution < -0.4 is 5.73 Å². The summed E-state index contributed by atoms with van der Waals surface area (Å²) in [7, 11) is 0. The summed E-state index contributed by atoms with van der Waals surface area (Å²) in [5.41, 5.74) is 9.20. The van der Waals surface area contributed by atoms with Crippen LogP contribution in [0.15, 0.2) is 18.2 Å². The first-order valence-electron chi connectivity index (χ1n) is 6.70. The van der Waals surface area contributed by atoms with E-state index in [4.69, 9.17) is 10.7 Å². The van der Waals surface area contributed by atoms with Gasteiger partial charge in [0.15, 0.2) is 0 Å². The number of anilines is 1. The molecule has 0 saturated heterocycles. The van der Waals surface area contributed by atoms with Gasteiger partial charge < -0.3 is 10.3 Å². The first-order valence-corrected chi connectivity index (χ1v) is 6.70. The number of hydrogen-bond donors (Lipinski definition) is 1. The van der Waals surface area contributed by atoms with Crippen molar-refractivity contribution in [2.45, 2.75) is 46.1 Å². The Balaban J connectivity index is 2.14. The van der Waals surface area contributed by atoms with E-state index in [0.717, 1.165) is 17.6 Å². The maximum Gasteiger partial charge on any atom is 0.110 e. The van der Waals surface area contributed by atoms with Crippen LogP contribution >= 0.6 is 0 Å². The Hall–Kier alpha value is -1.51. The molecule has 2 aromatic rings. The van der Waals surface area contributed by atoms with E-state index in [1.54, 1.807) is 0 Å². The molecule has 18 heavy (non-hydrogen) atoms. The first kappa shape index (κ1) is 11.6. The van der Waals surface area contributed by atoms with E-state index in [1.807, 2.05) is 12.1 Å². The highest BCUT2D eigenvalue weighted by Crippen LogP contribution is 2.40. The zero-order chi connectivity index (χ0) is 12.9. The van der Waals surface area contributed by atoms with Gasteiger partial charge in [-0.2, -0.15) is 0 Å². The smallest absolute Gasteiger partial charge is 0.110 e. The number of nitrogen functional groups attached to an aromatic ring is 1. The summed E-state index contributed by atoms with van der Waals surface area (Å²) >= 11 is 0. The van der Waals surface area contributed by atoms with Crippen molar-refractivity contribution in [3.8, 4) is 0 Å². The zero-order valence-electron chi connectivity index (χ0n) is 11.4. The van der Waals surface area contributed by atoms with Crippen LogP contribution in [0.3, 0.4) is 0 Å². The number of imidazole rings is 1. The molecule has 0 amide bonds. The quantitative estimate of drug-likeness (QED) is 0.820. The Morgan fingerprint density at radius 2 is 2.06 bits per heavy atom. The molecule has 1 heterocycles. The monoisotopic (exact) mass is 243 g/mol. The van der Waals surface area contributed by atoms with Crippen molar-refractivity contribution in [1.29, 1.82) is 0 Å². The highest BCUT2D eigenvalue weighted by molar-refractivity contribution is 5.80. The van der Waals surface area contributed by atoms with Crippen molar-refractivity contribution in [3.05, 3.63) is 24.0 Å². The highest BCUT2D eigenvalue weighted by Gasteiger charge is 2.29. The van der Waals surface area contributed by atoms with Gasteiger partial charge in [0, 0.05) is 18.2 Å². The summed E-state index contributed by atoms with van der Waals surface area (Å²) in [5.74, 6) is 1.21. The van der Waals surface area contributed by atoms with Crippen LogP contribution in [0.2, 0.25) is 0 Å². The molecular formula is C15H21N3. The highest BCUT2D eigenvalue weighted by atomic mass is 15.1. The number of nitrogens with two attached hydrogens (primary N) is 1. The summed E-state index contributed by atoms with van der Waals surface area (Å²) < 4.78 is 2.43. The van der Waals surface area contributed by atoms with Crippen LogP contribution in [-0.4, -0.2) is 9.55 Å². The average molecular weight is 243 g/mol. The molecule has 1 aliphatic carbocycles. The Labute approximate surface area is 108 Å². The lowest BCUT2D eigenvalue weighted by molar-refractivity contribution is 0.393. The van der Waals surface area contributed by atoms with Crippen molar-refractivity contribution in [1.82, 2.24) is 9.55 Å². The summed E-state index contributed by atoms with van der Waals surface area (Å²) in [5, 5.41) is 0. The third kappa shape index (κ3) is 2.09. The lowest BCUT2D eigenvalue weighted by atomic mass is 9.92. The Morgan fingerprint density at radius 3 is 2.67 bits per heavy atom. The van der Waals surface area contributed by atoms with Crippen LogP contribution in [0, 0.1) is 5.41 Å². The van der Waals surface area contributed by atoms with E-state index >= 15 is 0 Å². The van der Waals surface area contributed by atoms with Gasteiger partial charge in [-0.15, -0.1) is 0 Å². The second-order valence-electron chi connectivity index (χ2n) is 6.61. The summed E-state index contributed by atoms with van der Waals surface area (Å²) in [6.45, 7) is 6.79.